The molecule has 1 atom stereocenters. The minimum atomic E-state index is 0.0370. The minimum absolute atomic E-state index is 0.0370. The van der Waals surface area contributed by atoms with E-state index in [1.54, 1.807) is 0 Å². The summed E-state index contributed by atoms with van der Waals surface area (Å²) in [7, 11) is 2.80. The second-order valence-electron chi connectivity index (χ2n) is 1.08. The molecule has 25 valence electrons. The molecular weight excluding hydrogens is 83.1 g/mol. The standard InChI is InChI=1S/C2H8PSi/c1-4(2)3/h3H2,1-2H3. The van der Waals surface area contributed by atoms with Gasteiger partial charge >= 0.3 is 0 Å². The van der Waals surface area contributed by atoms with E-state index in [1.807, 2.05) is 0 Å². The lowest BCUT2D eigenvalue weighted by atomic mass is 11.9. The Labute approximate surface area is 31.3 Å². The molecule has 4 heavy (non-hydrogen) atoms. The molecular formula is C2H8PSi. The Bertz CT molecular complexity index is 10.8. The van der Waals surface area contributed by atoms with Crippen LogP contribution in [0.25, 0.3) is 0 Å². The van der Waals surface area contributed by atoms with Crippen molar-refractivity contribution in [3.05, 3.63) is 0 Å². The van der Waals surface area contributed by atoms with Gasteiger partial charge in [0.1, 0.15) is 0 Å². The first-order valence-corrected chi connectivity index (χ1v) is 5.60. The molecule has 2 heteroatoms. The highest BCUT2D eigenvalue weighted by molar-refractivity contribution is 7.61. The molecule has 0 aliphatic heterocycles. The maximum absolute atomic E-state index is 2.76. The van der Waals surface area contributed by atoms with E-state index in [0.717, 1.165) is 0 Å². The van der Waals surface area contributed by atoms with Crippen molar-refractivity contribution in [2.75, 3.05) is 0 Å². The lowest BCUT2D eigenvalue weighted by molar-refractivity contribution is 2.11. The van der Waals surface area contributed by atoms with E-state index < -0.39 is 0 Å². The summed E-state index contributed by atoms with van der Waals surface area (Å²) < 4.78 is 0. The van der Waals surface area contributed by atoms with Gasteiger partial charge < -0.3 is 0 Å². The maximum atomic E-state index is 2.76. The molecule has 0 aliphatic rings. The Morgan fingerprint density at radius 2 is 1.50 bits per heavy atom. The Kier molecular flexibility index (Phi) is 2.23. The molecule has 0 heterocycles. The molecule has 0 fully saturated rings. The van der Waals surface area contributed by atoms with Crippen LogP contribution in [0, 0.1) is 0 Å². The summed E-state index contributed by atoms with van der Waals surface area (Å²) >= 11 is 0. The minimum Gasteiger partial charge on any atom is -0.151 e. The van der Waals surface area contributed by atoms with E-state index in [0.29, 0.717) is 0 Å². The summed E-state index contributed by atoms with van der Waals surface area (Å²) in [6, 6.07) is 0. The third-order valence-electron chi connectivity index (χ3n) is 0. The second kappa shape index (κ2) is 1.92. The monoisotopic (exact) mass is 91.0 g/mol. The molecule has 0 N–H and O–H groups in total. The van der Waals surface area contributed by atoms with Crippen LogP contribution in [0.2, 0.25) is 13.1 Å². The second-order valence-corrected chi connectivity index (χ2v) is 6.70. The van der Waals surface area contributed by atoms with E-state index in [9.17, 15) is 0 Å². The molecule has 0 aromatic rings. The van der Waals surface area contributed by atoms with Gasteiger partial charge in [0.2, 0.25) is 0 Å². The van der Waals surface area contributed by atoms with Crippen LogP contribution >= 0.6 is 8.79 Å². The van der Waals surface area contributed by atoms with Crippen molar-refractivity contribution in [2.24, 2.45) is 0 Å². The number of hydrogen-bond donors (Lipinski definition) is 0. The molecule has 0 aliphatic carbocycles. The predicted molar refractivity (Wildman–Crippen MR) is 27.2 cm³/mol. The Morgan fingerprint density at radius 1 is 1.50 bits per heavy atom. The van der Waals surface area contributed by atoms with Gasteiger partial charge in [-0.2, -0.15) is 8.79 Å². The SMILES string of the molecule is C[Si](C)P. The summed E-state index contributed by atoms with van der Waals surface area (Å²) in [6.07, 6.45) is 0. The van der Waals surface area contributed by atoms with Crippen LogP contribution in [0.15, 0.2) is 0 Å². The van der Waals surface area contributed by atoms with Crippen molar-refractivity contribution in [1.82, 2.24) is 0 Å². The van der Waals surface area contributed by atoms with Crippen molar-refractivity contribution in [2.45, 2.75) is 13.1 Å². The zero-order chi connectivity index (χ0) is 3.58. The van der Waals surface area contributed by atoms with Crippen molar-refractivity contribution in [1.29, 1.82) is 0 Å². The lowest BCUT2D eigenvalue weighted by Gasteiger charge is -1.75. The van der Waals surface area contributed by atoms with Gasteiger partial charge in [-0.1, -0.05) is 13.1 Å². The quantitative estimate of drug-likeness (QED) is 0.309. The average Bonchev–Trinajstić information content (AvgIpc) is 0.811. The molecule has 1 unspecified atom stereocenters. The van der Waals surface area contributed by atoms with E-state index >= 15 is 0 Å². The molecule has 0 rings (SSSR count). The molecule has 0 aromatic carbocycles. The van der Waals surface area contributed by atoms with Crippen molar-refractivity contribution in [3.63, 3.8) is 0 Å². The van der Waals surface area contributed by atoms with Gasteiger partial charge in [-0.25, -0.2) is 0 Å². The summed E-state index contributed by atoms with van der Waals surface area (Å²) in [5.74, 6) is 0. The number of rotatable bonds is 0. The van der Waals surface area contributed by atoms with Crippen LogP contribution in [0.5, 0.6) is 0 Å². The van der Waals surface area contributed by atoms with Crippen molar-refractivity contribution >= 4 is 17.3 Å². The van der Waals surface area contributed by atoms with Crippen molar-refractivity contribution in [3.8, 4) is 0 Å². The van der Waals surface area contributed by atoms with Gasteiger partial charge in [0.15, 0.2) is 0 Å². The van der Waals surface area contributed by atoms with Crippen LogP contribution in [-0.4, -0.2) is 8.46 Å². The van der Waals surface area contributed by atoms with Crippen molar-refractivity contribution < 1.29 is 0 Å². The van der Waals surface area contributed by atoms with Gasteiger partial charge in [-0.3, -0.25) is 0 Å². The van der Waals surface area contributed by atoms with Crippen LogP contribution in [0.1, 0.15) is 0 Å². The van der Waals surface area contributed by atoms with Gasteiger partial charge in [0, 0.05) is 0 Å². The van der Waals surface area contributed by atoms with Gasteiger partial charge in [-0.05, 0) is 0 Å². The molecule has 0 spiro atoms. The molecule has 0 saturated heterocycles. The molecule has 0 bridgehead atoms. The molecule has 1 radical (unpaired) electrons. The maximum Gasteiger partial charge on any atom is 0.0661 e. The largest absolute Gasteiger partial charge is 0.151 e. The van der Waals surface area contributed by atoms with Gasteiger partial charge in [0.05, 0.1) is 8.46 Å². The summed E-state index contributed by atoms with van der Waals surface area (Å²) in [5, 5.41) is 0. The van der Waals surface area contributed by atoms with E-state index in [2.05, 4.69) is 21.9 Å². The predicted octanol–water partition coefficient (Wildman–Crippen LogP) is 1.11. The smallest absolute Gasteiger partial charge is 0.0661 e. The van der Waals surface area contributed by atoms with Gasteiger partial charge in [0.25, 0.3) is 0 Å². The van der Waals surface area contributed by atoms with E-state index in [4.69, 9.17) is 0 Å². The molecule has 0 amide bonds. The lowest BCUT2D eigenvalue weighted by Crippen LogP contribution is -1.77. The Balaban J connectivity index is 2.32. The average molecular weight is 91.1 g/mol. The summed E-state index contributed by atoms with van der Waals surface area (Å²) in [5.41, 5.74) is 0. The van der Waals surface area contributed by atoms with Crippen LogP contribution < -0.4 is 0 Å². The third-order valence-corrected chi connectivity index (χ3v) is 0. The highest BCUT2D eigenvalue weighted by atomic mass is 31.3. The van der Waals surface area contributed by atoms with Crippen LogP contribution in [0.3, 0.4) is 0 Å². The molecule has 0 saturated carbocycles. The van der Waals surface area contributed by atoms with Crippen LogP contribution in [-0.2, 0) is 0 Å². The first kappa shape index (κ1) is 4.65. The first-order chi connectivity index (χ1) is 1.73. The first-order valence-electron chi connectivity index (χ1n) is 1.29. The highest BCUT2D eigenvalue weighted by Crippen LogP contribution is 1.85. The van der Waals surface area contributed by atoms with E-state index in [1.165, 1.54) is 0 Å². The number of hydrogen-bond acceptors (Lipinski definition) is 0. The van der Waals surface area contributed by atoms with E-state index in [-0.39, 0.29) is 8.46 Å². The summed E-state index contributed by atoms with van der Waals surface area (Å²) in [4.78, 5) is 0. The summed E-state index contributed by atoms with van der Waals surface area (Å²) in [6.45, 7) is 4.46. The molecule has 0 nitrogen and oxygen atoms in total. The molecule has 0 aromatic heterocycles. The zero-order valence-electron chi connectivity index (χ0n) is 3.08. The Morgan fingerprint density at radius 3 is 1.50 bits per heavy atom. The highest BCUT2D eigenvalue weighted by Gasteiger charge is 1.72. The fourth-order valence-electron chi connectivity index (χ4n) is 0. The fourth-order valence-corrected chi connectivity index (χ4v) is 0. The third kappa shape index (κ3) is 17.2. The topological polar surface area (TPSA) is 0 Å². The Hall–Kier alpha value is 0.647. The zero-order valence-corrected chi connectivity index (χ0v) is 5.23. The van der Waals surface area contributed by atoms with Crippen LogP contribution in [0.4, 0.5) is 0 Å². The normalized spacial score (nSPS) is 9.00. The fraction of sp³-hybridized carbons (Fsp3) is 1.00. The van der Waals surface area contributed by atoms with Gasteiger partial charge in [-0.15, -0.1) is 0 Å².